The number of sulfone groups is 1. The Morgan fingerprint density at radius 2 is 1.88 bits per heavy atom. The van der Waals surface area contributed by atoms with Crippen LogP contribution in [0.4, 0.5) is 0 Å². The molecule has 8 nitrogen and oxygen atoms in total. The van der Waals surface area contributed by atoms with Crippen LogP contribution in [-0.4, -0.2) is 47.4 Å². The third-order valence-electron chi connectivity index (χ3n) is 6.39. The minimum Gasteiger partial charge on any atom is -0.453 e. The van der Waals surface area contributed by atoms with Gasteiger partial charge in [-0.1, -0.05) is 6.92 Å². The largest absolute Gasteiger partial charge is 0.453 e. The molecule has 3 heterocycles. The smallest absolute Gasteiger partial charge is 0.349 e. The van der Waals surface area contributed by atoms with Crippen LogP contribution in [0.2, 0.25) is 0 Å². The van der Waals surface area contributed by atoms with Crippen molar-refractivity contribution >= 4 is 27.7 Å². The Labute approximate surface area is 200 Å². The zero-order chi connectivity index (χ0) is 25.2. The summed E-state index contributed by atoms with van der Waals surface area (Å²) in [7, 11) is -3.07. The summed E-state index contributed by atoms with van der Waals surface area (Å²) in [6, 6.07) is 5.29. The summed E-state index contributed by atoms with van der Waals surface area (Å²) in [6.45, 7) is 9.92. The molecule has 1 aliphatic heterocycles. The van der Waals surface area contributed by atoms with Gasteiger partial charge < -0.3 is 13.9 Å². The number of esters is 1. The van der Waals surface area contributed by atoms with Gasteiger partial charge >= 0.3 is 5.97 Å². The van der Waals surface area contributed by atoms with Crippen molar-refractivity contribution in [3.05, 3.63) is 51.6 Å². The summed E-state index contributed by atoms with van der Waals surface area (Å²) >= 11 is 0. The van der Waals surface area contributed by atoms with Crippen molar-refractivity contribution in [1.82, 2.24) is 9.13 Å². The number of nitrogens with zero attached hydrogens (tertiary/aromatic N) is 3. The highest BCUT2D eigenvalue weighted by molar-refractivity contribution is 7.91. The summed E-state index contributed by atoms with van der Waals surface area (Å²) in [5.74, 6) is -1.06. The van der Waals surface area contributed by atoms with Crippen LogP contribution >= 0.6 is 0 Å². The fourth-order valence-corrected chi connectivity index (χ4v) is 6.42. The topological polar surface area (TPSA) is 111 Å². The lowest BCUT2D eigenvalue weighted by molar-refractivity contribution is -0.137. The number of carbonyl (C=O) groups is 2. The van der Waals surface area contributed by atoms with E-state index in [0.29, 0.717) is 17.7 Å². The standard InChI is InChI=1S/C25H31N3O5S/c1-6-8-27-16(2)10-20(18(27)4)12-21(13-26)25(30)33-14-24(29)23-11-17(3)28(19(23)5)22-7-9-34(31,32)15-22/h10-12,22H,6-9,14-15H2,1-5H3/b21-12+. The average molecular weight is 486 g/mol. The van der Waals surface area contributed by atoms with E-state index in [4.69, 9.17) is 4.74 Å². The van der Waals surface area contributed by atoms with Crippen LogP contribution in [0.5, 0.6) is 0 Å². The minimum absolute atomic E-state index is 0.0567. The molecular weight excluding hydrogens is 454 g/mol. The molecule has 34 heavy (non-hydrogen) atoms. The molecule has 0 N–H and O–H groups in total. The van der Waals surface area contributed by atoms with Gasteiger partial charge in [-0.3, -0.25) is 4.79 Å². The first kappa shape index (κ1) is 25.5. The lowest BCUT2D eigenvalue weighted by Crippen LogP contribution is -2.17. The number of Topliss-reactive ketones (excluding diaryl/α,β-unsaturated/α-hetero) is 1. The third-order valence-corrected chi connectivity index (χ3v) is 8.14. The van der Waals surface area contributed by atoms with Crippen molar-refractivity contribution in [3.8, 4) is 6.07 Å². The Balaban J connectivity index is 1.73. The molecule has 0 bridgehead atoms. The second kappa shape index (κ2) is 10.0. The highest BCUT2D eigenvalue weighted by Gasteiger charge is 2.31. The molecule has 0 saturated carbocycles. The van der Waals surface area contributed by atoms with E-state index in [9.17, 15) is 23.3 Å². The average Bonchev–Trinajstić information content (AvgIpc) is 3.37. The maximum absolute atomic E-state index is 12.8. The molecule has 1 aliphatic rings. The van der Waals surface area contributed by atoms with Crippen molar-refractivity contribution < 1.29 is 22.7 Å². The number of ether oxygens (including phenoxy) is 1. The van der Waals surface area contributed by atoms with Gasteiger partial charge in [-0.15, -0.1) is 0 Å². The predicted octanol–water partition coefficient (Wildman–Crippen LogP) is 3.63. The van der Waals surface area contributed by atoms with Crippen LogP contribution in [-0.2, 0) is 25.9 Å². The molecular formula is C25H31N3O5S. The number of aryl methyl sites for hydroxylation is 2. The summed E-state index contributed by atoms with van der Waals surface area (Å²) in [6.07, 6.45) is 2.97. The maximum atomic E-state index is 12.8. The van der Waals surface area contributed by atoms with Crippen LogP contribution in [0.1, 0.15) is 64.5 Å². The summed E-state index contributed by atoms with van der Waals surface area (Å²) in [5, 5.41) is 9.49. The van der Waals surface area contributed by atoms with E-state index in [0.717, 1.165) is 35.6 Å². The number of rotatable bonds is 8. The Kier molecular flexibility index (Phi) is 7.51. The number of aromatic nitrogens is 2. The zero-order valence-corrected chi connectivity index (χ0v) is 21.2. The number of nitriles is 1. The van der Waals surface area contributed by atoms with Crippen molar-refractivity contribution in [2.75, 3.05) is 18.1 Å². The third kappa shape index (κ3) is 5.17. The monoisotopic (exact) mass is 485 g/mol. The zero-order valence-electron chi connectivity index (χ0n) is 20.3. The minimum atomic E-state index is -3.07. The second-order valence-electron chi connectivity index (χ2n) is 8.86. The van der Waals surface area contributed by atoms with E-state index < -0.39 is 28.2 Å². The van der Waals surface area contributed by atoms with Crippen LogP contribution in [0.25, 0.3) is 6.08 Å². The second-order valence-corrected chi connectivity index (χ2v) is 11.1. The Morgan fingerprint density at radius 1 is 1.18 bits per heavy atom. The van der Waals surface area contributed by atoms with E-state index in [1.54, 1.807) is 13.0 Å². The normalized spacial score (nSPS) is 17.5. The van der Waals surface area contributed by atoms with E-state index in [-0.39, 0.29) is 23.1 Å². The van der Waals surface area contributed by atoms with E-state index in [1.165, 1.54) is 6.08 Å². The molecule has 1 saturated heterocycles. The number of carbonyl (C=O) groups excluding carboxylic acids is 2. The van der Waals surface area contributed by atoms with E-state index in [1.807, 2.05) is 37.5 Å². The first-order valence-electron chi connectivity index (χ1n) is 11.4. The fraction of sp³-hybridized carbons (Fsp3) is 0.480. The van der Waals surface area contributed by atoms with Crippen LogP contribution < -0.4 is 0 Å². The van der Waals surface area contributed by atoms with Gasteiger partial charge in [0.25, 0.3) is 0 Å². The molecule has 0 amide bonds. The van der Waals surface area contributed by atoms with Gasteiger partial charge in [-0.2, -0.15) is 5.26 Å². The predicted molar refractivity (Wildman–Crippen MR) is 129 cm³/mol. The van der Waals surface area contributed by atoms with Crippen LogP contribution in [0.15, 0.2) is 17.7 Å². The highest BCUT2D eigenvalue weighted by Crippen LogP contribution is 2.29. The van der Waals surface area contributed by atoms with Gasteiger partial charge in [-0.05, 0) is 64.3 Å². The van der Waals surface area contributed by atoms with E-state index >= 15 is 0 Å². The maximum Gasteiger partial charge on any atom is 0.349 e. The molecule has 1 atom stereocenters. The van der Waals surface area contributed by atoms with Gasteiger partial charge in [0.1, 0.15) is 11.6 Å². The molecule has 0 radical (unpaired) electrons. The van der Waals surface area contributed by atoms with Gasteiger partial charge in [0.05, 0.1) is 11.5 Å². The van der Waals surface area contributed by atoms with Crippen LogP contribution in [0.3, 0.4) is 0 Å². The van der Waals surface area contributed by atoms with Crippen molar-refractivity contribution in [1.29, 1.82) is 5.26 Å². The molecule has 0 spiro atoms. The first-order valence-corrected chi connectivity index (χ1v) is 13.2. The molecule has 182 valence electrons. The van der Waals surface area contributed by atoms with Gasteiger partial charge in [0, 0.05) is 40.9 Å². The molecule has 3 rings (SSSR count). The number of ketones is 1. The summed E-state index contributed by atoms with van der Waals surface area (Å²) in [5.41, 5.74) is 4.41. The van der Waals surface area contributed by atoms with Gasteiger partial charge in [-0.25, -0.2) is 13.2 Å². The molecule has 2 aromatic heterocycles. The quantitative estimate of drug-likeness (QED) is 0.244. The lowest BCUT2D eigenvalue weighted by Gasteiger charge is -2.16. The SMILES string of the molecule is CCCn1c(C)cc(/C=C(\C#N)C(=O)OCC(=O)c2cc(C)n(C3CCS(=O)(=O)C3)c2C)c1C. The summed E-state index contributed by atoms with van der Waals surface area (Å²) < 4.78 is 32.9. The Morgan fingerprint density at radius 3 is 2.47 bits per heavy atom. The molecule has 2 aromatic rings. The molecule has 1 unspecified atom stereocenters. The Bertz CT molecular complexity index is 1300. The molecule has 0 aromatic carbocycles. The van der Waals surface area contributed by atoms with E-state index in [2.05, 4.69) is 11.5 Å². The van der Waals surface area contributed by atoms with Gasteiger partial charge in [0.2, 0.25) is 5.78 Å². The Hall–Kier alpha value is -3.12. The molecule has 0 aliphatic carbocycles. The first-order chi connectivity index (χ1) is 16.0. The van der Waals surface area contributed by atoms with Crippen LogP contribution in [0, 0.1) is 39.0 Å². The highest BCUT2D eigenvalue weighted by atomic mass is 32.2. The molecule has 9 heteroatoms. The van der Waals surface area contributed by atoms with Crippen molar-refractivity contribution in [2.45, 2.75) is 60.0 Å². The molecule has 1 fully saturated rings. The van der Waals surface area contributed by atoms with Crippen molar-refractivity contribution in [3.63, 3.8) is 0 Å². The number of hydrogen-bond acceptors (Lipinski definition) is 6. The van der Waals surface area contributed by atoms with Gasteiger partial charge in [0.15, 0.2) is 16.4 Å². The fourth-order valence-electron chi connectivity index (χ4n) is 4.72. The summed E-state index contributed by atoms with van der Waals surface area (Å²) in [4.78, 5) is 25.3. The lowest BCUT2D eigenvalue weighted by atomic mass is 10.1. The van der Waals surface area contributed by atoms with Crippen molar-refractivity contribution in [2.24, 2.45) is 0 Å². The number of hydrogen-bond donors (Lipinski definition) is 0.